The number of nitrogens with zero attached hydrogens (tertiary/aromatic N) is 1. The van der Waals surface area contributed by atoms with Crippen molar-refractivity contribution in [2.45, 2.75) is 51.7 Å². The van der Waals surface area contributed by atoms with Gasteiger partial charge >= 0.3 is 0 Å². The van der Waals surface area contributed by atoms with Gasteiger partial charge in [0, 0.05) is 18.1 Å². The summed E-state index contributed by atoms with van der Waals surface area (Å²) in [7, 11) is 0. The van der Waals surface area contributed by atoms with Crippen molar-refractivity contribution in [3.05, 3.63) is 33.8 Å². The molecule has 0 aliphatic carbocycles. The molecule has 0 aromatic heterocycles. The van der Waals surface area contributed by atoms with Crippen LogP contribution in [0.3, 0.4) is 0 Å². The third-order valence-corrected chi connectivity index (χ3v) is 4.93. The number of hydrogen-bond acceptors (Lipinski definition) is 2. The summed E-state index contributed by atoms with van der Waals surface area (Å²) < 4.78 is 0. The van der Waals surface area contributed by atoms with Crippen LogP contribution in [0.1, 0.15) is 45.2 Å². The molecule has 2 nitrogen and oxygen atoms in total. The second kappa shape index (κ2) is 7.13. The molecule has 1 aromatic carbocycles. The largest absolute Gasteiger partial charge is 0.307 e. The van der Waals surface area contributed by atoms with Crippen molar-refractivity contribution >= 4 is 23.2 Å². The molecule has 1 aliphatic heterocycles. The van der Waals surface area contributed by atoms with E-state index in [1.54, 1.807) is 0 Å². The second-order valence-electron chi connectivity index (χ2n) is 5.97. The first-order chi connectivity index (χ1) is 9.47. The van der Waals surface area contributed by atoms with E-state index < -0.39 is 0 Å². The summed E-state index contributed by atoms with van der Waals surface area (Å²) in [5.41, 5.74) is 1.20. The molecule has 4 heteroatoms. The van der Waals surface area contributed by atoms with E-state index in [0.717, 1.165) is 0 Å². The Balaban J connectivity index is 1.89. The molecular formula is C16H24Cl2N2. The maximum absolute atomic E-state index is 6.09. The summed E-state index contributed by atoms with van der Waals surface area (Å²) in [5, 5.41) is 4.96. The molecule has 0 bridgehead atoms. The normalized spacial score (nSPS) is 19.5. The average Bonchev–Trinajstić information content (AvgIpc) is 2.42. The average molecular weight is 315 g/mol. The van der Waals surface area contributed by atoms with Crippen LogP contribution in [0.15, 0.2) is 18.2 Å². The minimum Gasteiger partial charge on any atom is -0.307 e. The van der Waals surface area contributed by atoms with E-state index in [1.807, 2.05) is 12.1 Å². The van der Waals surface area contributed by atoms with E-state index in [1.165, 1.54) is 31.5 Å². The Morgan fingerprint density at radius 2 is 1.75 bits per heavy atom. The molecule has 1 N–H and O–H groups in total. The van der Waals surface area contributed by atoms with E-state index in [4.69, 9.17) is 23.2 Å². The van der Waals surface area contributed by atoms with Gasteiger partial charge in [-0.25, -0.2) is 0 Å². The van der Waals surface area contributed by atoms with E-state index >= 15 is 0 Å². The lowest BCUT2D eigenvalue weighted by Gasteiger charge is -2.36. The van der Waals surface area contributed by atoms with E-state index in [2.05, 4.69) is 37.1 Å². The summed E-state index contributed by atoms with van der Waals surface area (Å²) in [4.78, 5) is 2.54. The fourth-order valence-electron chi connectivity index (χ4n) is 2.81. The lowest BCUT2D eigenvalue weighted by atomic mass is 10.0. The number of halogens is 2. The Kier molecular flexibility index (Phi) is 5.74. The molecule has 1 aromatic rings. The molecule has 20 heavy (non-hydrogen) atoms. The highest BCUT2D eigenvalue weighted by atomic mass is 35.5. The Labute approximate surface area is 132 Å². The summed E-state index contributed by atoms with van der Waals surface area (Å²) in [6.45, 7) is 9.10. The third-order valence-electron chi connectivity index (χ3n) is 4.19. The standard InChI is InChI=1S/C16H24Cl2N2/c1-11(2)20-8-6-14(7-9-20)19-12(3)13-4-5-15(17)16(18)10-13/h4-5,10-12,14,19H,6-9H2,1-3H3. The highest BCUT2D eigenvalue weighted by Gasteiger charge is 2.22. The molecule has 112 valence electrons. The molecule has 1 saturated heterocycles. The van der Waals surface area contributed by atoms with E-state index in [0.29, 0.717) is 28.2 Å². The monoisotopic (exact) mass is 314 g/mol. The predicted octanol–water partition coefficient (Wildman–Crippen LogP) is 4.52. The van der Waals surface area contributed by atoms with E-state index in [9.17, 15) is 0 Å². The van der Waals surface area contributed by atoms with Gasteiger partial charge in [0.1, 0.15) is 0 Å². The van der Waals surface area contributed by atoms with Crippen molar-refractivity contribution in [2.75, 3.05) is 13.1 Å². The van der Waals surface area contributed by atoms with Gasteiger partial charge in [-0.3, -0.25) is 0 Å². The van der Waals surface area contributed by atoms with E-state index in [-0.39, 0.29) is 0 Å². The van der Waals surface area contributed by atoms with Crippen LogP contribution in [0.2, 0.25) is 10.0 Å². The molecule has 1 heterocycles. The molecule has 0 saturated carbocycles. The van der Waals surface area contributed by atoms with Gasteiger partial charge in [0.2, 0.25) is 0 Å². The number of likely N-dealkylation sites (tertiary alicyclic amines) is 1. The van der Waals surface area contributed by atoms with Gasteiger partial charge in [-0.2, -0.15) is 0 Å². The molecule has 0 spiro atoms. The quantitative estimate of drug-likeness (QED) is 0.879. The van der Waals surface area contributed by atoms with Crippen LogP contribution in [-0.2, 0) is 0 Å². The minimum atomic E-state index is 0.306. The summed E-state index contributed by atoms with van der Waals surface area (Å²) in [6.07, 6.45) is 2.42. The van der Waals surface area contributed by atoms with Crippen LogP contribution in [0, 0.1) is 0 Å². The Morgan fingerprint density at radius 1 is 1.10 bits per heavy atom. The zero-order valence-electron chi connectivity index (χ0n) is 12.5. The van der Waals surface area contributed by atoms with Crippen molar-refractivity contribution in [1.82, 2.24) is 10.2 Å². The van der Waals surface area contributed by atoms with Crippen LogP contribution < -0.4 is 5.32 Å². The lowest BCUT2D eigenvalue weighted by molar-refractivity contribution is 0.157. The highest BCUT2D eigenvalue weighted by molar-refractivity contribution is 6.42. The first kappa shape index (κ1) is 16.1. The maximum atomic E-state index is 6.09. The van der Waals surface area contributed by atoms with Crippen molar-refractivity contribution in [2.24, 2.45) is 0 Å². The van der Waals surface area contributed by atoms with Gasteiger partial charge in [-0.15, -0.1) is 0 Å². The van der Waals surface area contributed by atoms with Crippen molar-refractivity contribution in [3.8, 4) is 0 Å². The molecular weight excluding hydrogens is 291 g/mol. The SMILES string of the molecule is CC(NC1CCN(C(C)C)CC1)c1ccc(Cl)c(Cl)c1. The highest BCUT2D eigenvalue weighted by Crippen LogP contribution is 2.26. The molecule has 2 rings (SSSR count). The van der Waals surface area contributed by atoms with Crippen LogP contribution in [-0.4, -0.2) is 30.1 Å². The zero-order chi connectivity index (χ0) is 14.7. The fraction of sp³-hybridized carbons (Fsp3) is 0.625. The van der Waals surface area contributed by atoms with Gasteiger partial charge in [0.25, 0.3) is 0 Å². The molecule has 1 unspecified atom stereocenters. The lowest BCUT2D eigenvalue weighted by Crippen LogP contribution is -2.45. The third kappa shape index (κ3) is 4.11. The minimum absolute atomic E-state index is 0.306. The van der Waals surface area contributed by atoms with Crippen molar-refractivity contribution < 1.29 is 0 Å². The molecule has 0 radical (unpaired) electrons. The second-order valence-corrected chi connectivity index (χ2v) is 6.78. The van der Waals surface area contributed by atoms with Crippen molar-refractivity contribution in [1.29, 1.82) is 0 Å². The van der Waals surface area contributed by atoms with Crippen LogP contribution in [0.25, 0.3) is 0 Å². The number of rotatable bonds is 4. The number of nitrogens with one attached hydrogen (secondary N) is 1. The smallest absolute Gasteiger partial charge is 0.0595 e. The van der Waals surface area contributed by atoms with Gasteiger partial charge in [0.05, 0.1) is 10.0 Å². The topological polar surface area (TPSA) is 15.3 Å². The van der Waals surface area contributed by atoms with Gasteiger partial charge in [-0.1, -0.05) is 29.3 Å². The number of benzene rings is 1. The van der Waals surface area contributed by atoms with Crippen molar-refractivity contribution in [3.63, 3.8) is 0 Å². The molecule has 1 aliphatic rings. The molecule has 1 fully saturated rings. The fourth-order valence-corrected chi connectivity index (χ4v) is 3.12. The van der Waals surface area contributed by atoms with Crippen LogP contribution in [0.5, 0.6) is 0 Å². The maximum Gasteiger partial charge on any atom is 0.0595 e. The van der Waals surface area contributed by atoms with Crippen LogP contribution in [0.4, 0.5) is 0 Å². The summed E-state index contributed by atoms with van der Waals surface area (Å²) in [6, 6.07) is 7.44. The Bertz CT molecular complexity index is 440. The van der Waals surface area contributed by atoms with Gasteiger partial charge < -0.3 is 10.2 Å². The van der Waals surface area contributed by atoms with Crippen LogP contribution >= 0.6 is 23.2 Å². The first-order valence-corrected chi connectivity index (χ1v) is 8.18. The number of piperidine rings is 1. The number of hydrogen-bond donors (Lipinski definition) is 1. The Hall–Kier alpha value is -0.280. The first-order valence-electron chi connectivity index (χ1n) is 7.42. The van der Waals surface area contributed by atoms with Gasteiger partial charge in [0.15, 0.2) is 0 Å². The zero-order valence-corrected chi connectivity index (χ0v) is 14.0. The summed E-state index contributed by atoms with van der Waals surface area (Å²) >= 11 is 12.1. The van der Waals surface area contributed by atoms with Gasteiger partial charge in [-0.05, 0) is 64.4 Å². The Morgan fingerprint density at radius 3 is 2.30 bits per heavy atom. The molecule has 0 amide bonds. The predicted molar refractivity (Wildman–Crippen MR) is 87.7 cm³/mol. The summed E-state index contributed by atoms with van der Waals surface area (Å²) in [5.74, 6) is 0. The molecule has 1 atom stereocenters.